The van der Waals surface area contributed by atoms with Gasteiger partial charge in [0.25, 0.3) is 5.91 Å². The van der Waals surface area contributed by atoms with Crippen LogP contribution < -0.4 is 15.8 Å². The molecule has 1 aromatic carbocycles. The van der Waals surface area contributed by atoms with E-state index in [1.807, 2.05) is 31.2 Å². The van der Waals surface area contributed by atoms with Crippen molar-refractivity contribution in [3.05, 3.63) is 30.0 Å². The second-order valence-corrected chi connectivity index (χ2v) is 9.41. The molecule has 0 aliphatic heterocycles. The summed E-state index contributed by atoms with van der Waals surface area (Å²) < 4.78 is 7.79. The van der Waals surface area contributed by atoms with Gasteiger partial charge in [-0.1, -0.05) is 46.0 Å². The summed E-state index contributed by atoms with van der Waals surface area (Å²) in [5.41, 5.74) is 7.93. The molecule has 0 spiro atoms. The molecule has 0 atom stereocenters. The molecule has 1 aliphatic rings. The normalized spacial score (nSPS) is 14.5. The van der Waals surface area contributed by atoms with E-state index in [9.17, 15) is 4.79 Å². The third-order valence-electron chi connectivity index (χ3n) is 6.74. The van der Waals surface area contributed by atoms with E-state index >= 15 is 0 Å². The van der Waals surface area contributed by atoms with Gasteiger partial charge in [0.2, 0.25) is 5.95 Å². The molecule has 0 radical (unpaired) electrons. The van der Waals surface area contributed by atoms with Crippen LogP contribution in [0.2, 0.25) is 0 Å². The Bertz CT molecular complexity index is 1130. The van der Waals surface area contributed by atoms with Crippen LogP contribution in [0.4, 0.5) is 5.95 Å². The lowest BCUT2D eigenvalue weighted by molar-refractivity contribution is 0.0997. The van der Waals surface area contributed by atoms with E-state index in [1.165, 1.54) is 19.3 Å². The number of nitrogens with one attached hydrogen (secondary N) is 1. The van der Waals surface area contributed by atoms with Gasteiger partial charge in [-0.3, -0.25) is 9.36 Å². The maximum atomic E-state index is 12.5. The topological polar surface area (TPSA) is 108 Å². The van der Waals surface area contributed by atoms with E-state index in [4.69, 9.17) is 20.4 Å². The molecule has 1 fully saturated rings. The fourth-order valence-electron chi connectivity index (χ4n) is 5.10. The summed E-state index contributed by atoms with van der Waals surface area (Å²) in [5.74, 6) is 1.43. The van der Waals surface area contributed by atoms with Crippen molar-refractivity contribution < 1.29 is 9.53 Å². The standard InChI is InChI=1S/C27H38N6O2/c1-4-10-19(11-5-2)29-27-31-23-22(24(28)34)30-25(18-14-16-21(17-15-18)35-6-3)32-26(23)33(27)20-12-8-7-9-13-20/h14-17,19-20H,4-13H2,1-3H3,(H2,28,34)(H,29,31). The number of benzene rings is 1. The summed E-state index contributed by atoms with van der Waals surface area (Å²) in [5, 5.41) is 3.70. The Labute approximate surface area is 207 Å². The van der Waals surface area contributed by atoms with Crippen LogP contribution in [0, 0.1) is 0 Å². The number of anilines is 1. The Morgan fingerprint density at radius 2 is 1.74 bits per heavy atom. The van der Waals surface area contributed by atoms with Crippen LogP contribution in [0.5, 0.6) is 5.75 Å². The molecule has 35 heavy (non-hydrogen) atoms. The number of carbonyl (C=O) groups is 1. The zero-order chi connectivity index (χ0) is 24.8. The first kappa shape index (κ1) is 24.9. The number of rotatable bonds is 11. The van der Waals surface area contributed by atoms with Crippen LogP contribution in [-0.2, 0) is 0 Å². The van der Waals surface area contributed by atoms with Crippen molar-refractivity contribution in [1.29, 1.82) is 0 Å². The number of ether oxygens (including phenoxy) is 1. The number of primary amides is 1. The molecule has 1 saturated carbocycles. The number of carbonyl (C=O) groups excluding carboxylic acids is 1. The summed E-state index contributed by atoms with van der Waals surface area (Å²) in [6.45, 7) is 6.96. The van der Waals surface area contributed by atoms with Gasteiger partial charge in [0, 0.05) is 17.6 Å². The molecule has 8 heteroatoms. The number of hydrogen-bond donors (Lipinski definition) is 2. The first-order valence-electron chi connectivity index (χ1n) is 13.1. The van der Waals surface area contributed by atoms with Crippen LogP contribution in [0.15, 0.2) is 24.3 Å². The molecule has 3 N–H and O–H groups in total. The Kier molecular flexibility index (Phi) is 8.21. The van der Waals surface area contributed by atoms with Gasteiger partial charge < -0.3 is 15.8 Å². The molecule has 8 nitrogen and oxygen atoms in total. The molecule has 1 aliphatic carbocycles. The number of nitrogens with two attached hydrogens (primary N) is 1. The molecule has 4 rings (SSSR count). The minimum atomic E-state index is -0.594. The SMILES string of the molecule is CCCC(CCC)Nc1nc2c(C(N)=O)nc(-c3ccc(OCC)cc3)nc2n1C1CCCCC1. The predicted octanol–water partition coefficient (Wildman–Crippen LogP) is 5.88. The highest BCUT2D eigenvalue weighted by Gasteiger charge is 2.27. The molecule has 2 heterocycles. The van der Waals surface area contributed by atoms with Gasteiger partial charge in [-0.15, -0.1) is 0 Å². The quantitative estimate of drug-likeness (QED) is 0.356. The maximum absolute atomic E-state index is 12.5. The van der Waals surface area contributed by atoms with Crippen LogP contribution >= 0.6 is 0 Å². The second kappa shape index (κ2) is 11.5. The lowest BCUT2D eigenvalue weighted by Crippen LogP contribution is -2.24. The first-order valence-corrected chi connectivity index (χ1v) is 13.1. The molecule has 0 unspecified atom stereocenters. The Balaban J connectivity index is 1.86. The molecule has 0 bridgehead atoms. The lowest BCUT2D eigenvalue weighted by atomic mass is 9.95. The third kappa shape index (κ3) is 5.57. The highest BCUT2D eigenvalue weighted by molar-refractivity contribution is 6.02. The van der Waals surface area contributed by atoms with E-state index in [1.54, 1.807) is 0 Å². The fourth-order valence-corrected chi connectivity index (χ4v) is 5.10. The fraction of sp³-hybridized carbons (Fsp3) is 0.556. The van der Waals surface area contributed by atoms with Crippen molar-refractivity contribution in [3.63, 3.8) is 0 Å². The summed E-state index contributed by atoms with van der Waals surface area (Å²) in [7, 11) is 0. The van der Waals surface area contributed by atoms with Gasteiger partial charge >= 0.3 is 0 Å². The molecule has 188 valence electrons. The number of amides is 1. The van der Waals surface area contributed by atoms with Crippen molar-refractivity contribution >= 4 is 23.0 Å². The minimum absolute atomic E-state index is 0.166. The third-order valence-corrected chi connectivity index (χ3v) is 6.74. The van der Waals surface area contributed by atoms with Crippen LogP contribution in [0.3, 0.4) is 0 Å². The van der Waals surface area contributed by atoms with Crippen LogP contribution in [-0.4, -0.2) is 38.1 Å². The van der Waals surface area contributed by atoms with Crippen LogP contribution in [0.25, 0.3) is 22.6 Å². The Morgan fingerprint density at radius 1 is 1.06 bits per heavy atom. The van der Waals surface area contributed by atoms with E-state index < -0.39 is 5.91 Å². The lowest BCUT2D eigenvalue weighted by Gasteiger charge is -2.27. The molecule has 0 saturated heterocycles. The minimum Gasteiger partial charge on any atom is -0.494 e. The summed E-state index contributed by atoms with van der Waals surface area (Å²) >= 11 is 0. The van der Waals surface area contributed by atoms with Gasteiger partial charge in [-0.2, -0.15) is 0 Å². The van der Waals surface area contributed by atoms with Crippen molar-refractivity contribution in [1.82, 2.24) is 19.5 Å². The number of hydrogen-bond acceptors (Lipinski definition) is 6. The maximum Gasteiger partial charge on any atom is 0.269 e. The van der Waals surface area contributed by atoms with Crippen molar-refractivity contribution in [2.75, 3.05) is 11.9 Å². The summed E-state index contributed by atoms with van der Waals surface area (Å²) in [4.78, 5) is 26.9. The van der Waals surface area contributed by atoms with Crippen LogP contribution in [0.1, 0.15) is 95.1 Å². The monoisotopic (exact) mass is 478 g/mol. The molecule has 3 aromatic rings. The van der Waals surface area contributed by atoms with Gasteiger partial charge in [0.1, 0.15) is 11.3 Å². The van der Waals surface area contributed by atoms with E-state index in [0.717, 1.165) is 55.8 Å². The van der Waals surface area contributed by atoms with Crippen molar-refractivity contribution in [3.8, 4) is 17.1 Å². The summed E-state index contributed by atoms with van der Waals surface area (Å²) in [6, 6.07) is 8.21. The average molecular weight is 479 g/mol. The number of fused-ring (bicyclic) bond motifs is 1. The largest absolute Gasteiger partial charge is 0.494 e. The van der Waals surface area contributed by atoms with Crippen molar-refractivity contribution in [2.24, 2.45) is 5.73 Å². The van der Waals surface area contributed by atoms with Gasteiger partial charge in [-0.05, 0) is 56.9 Å². The smallest absolute Gasteiger partial charge is 0.269 e. The van der Waals surface area contributed by atoms with E-state index in [2.05, 4.69) is 28.7 Å². The average Bonchev–Trinajstić information content (AvgIpc) is 3.22. The number of nitrogens with zero attached hydrogens (tertiary/aromatic N) is 4. The van der Waals surface area contributed by atoms with E-state index in [0.29, 0.717) is 29.6 Å². The zero-order valence-corrected chi connectivity index (χ0v) is 21.2. The Hall–Kier alpha value is -3.16. The van der Waals surface area contributed by atoms with Crippen molar-refractivity contribution in [2.45, 2.75) is 90.6 Å². The number of imidazole rings is 1. The molecular weight excluding hydrogens is 440 g/mol. The van der Waals surface area contributed by atoms with Gasteiger partial charge in [0.05, 0.1) is 6.61 Å². The van der Waals surface area contributed by atoms with Gasteiger partial charge in [-0.25, -0.2) is 15.0 Å². The predicted molar refractivity (Wildman–Crippen MR) is 140 cm³/mol. The summed E-state index contributed by atoms with van der Waals surface area (Å²) in [6.07, 6.45) is 10.1. The number of aromatic nitrogens is 4. The second-order valence-electron chi connectivity index (χ2n) is 9.41. The van der Waals surface area contributed by atoms with E-state index in [-0.39, 0.29) is 11.7 Å². The van der Waals surface area contributed by atoms with Gasteiger partial charge in [0.15, 0.2) is 17.2 Å². The Morgan fingerprint density at radius 3 is 2.34 bits per heavy atom. The zero-order valence-electron chi connectivity index (χ0n) is 21.2. The molecule has 1 amide bonds. The molecule has 2 aromatic heterocycles. The highest BCUT2D eigenvalue weighted by atomic mass is 16.5. The molecular formula is C27H38N6O2. The first-order chi connectivity index (χ1) is 17.0. The highest BCUT2D eigenvalue weighted by Crippen LogP contribution is 2.35.